The number of carbonyl (C=O) groups is 3. The number of hydrogen-bond donors (Lipinski definition) is 7. The molecular weight excluding hydrogens is 1030 g/mol. The molecule has 6 aromatic carbocycles. The molecule has 0 saturated heterocycles. The molecular formula is C52H63N3O17S3-2. The first-order valence-electron chi connectivity index (χ1n) is 22.4. The Kier molecular flexibility index (Phi) is 30.7. The zero-order valence-corrected chi connectivity index (χ0v) is 43.8. The van der Waals surface area contributed by atoms with E-state index in [1.807, 2.05) is 112 Å². The molecule has 0 aliphatic rings. The van der Waals surface area contributed by atoms with Crippen LogP contribution in [0.4, 0.5) is 0 Å². The maximum absolute atomic E-state index is 11.9. The molecule has 0 radical (unpaired) electrons. The summed E-state index contributed by atoms with van der Waals surface area (Å²) >= 11 is 0. The number of carbonyl (C=O) groups excluding carboxylic acids is 2. The zero-order valence-electron chi connectivity index (χ0n) is 41.3. The normalized spacial score (nSPS) is 11.9. The minimum atomic E-state index is -4.27. The van der Waals surface area contributed by atoms with E-state index in [4.69, 9.17) is 46.5 Å². The summed E-state index contributed by atoms with van der Waals surface area (Å²) in [6.07, 6.45) is 1.17. The number of aliphatic hydroxyl groups excluding tert-OH is 2. The van der Waals surface area contributed by atoms with Crippen LogP contribution in [0.2, 0.25) is 0 Å². The van der Waals surface area contributed by atoms with Crippen molar-refractivity contribution in [2.24, 2.45) is 17.2 Å². The van der Waals surface area contributed by atoms with Crippen LogP contribution < -0.4 is 17.2 Å². The van der Waals surface area contributed by atoms with Crippen LogP contribution in [0, 0.1) is 20.8 Å². The van der Waals surface area contributed by atoms with Crippen molar-refractivity contribution in [1.29, 1.82) is 0 Å². The van der Waals surface area contributed by atoms with Crippen molar-refractivity contribution in [3.05, 3.63) is 197 Å². The van der Waals surface area contributed by atoms with E-state index in [9.17, 15) is 48.7 Å². The lowest BCUT2D eigenvalue weighted by molar-refractivity contribution is -0.153. The van der Waals surface area contributed by atoms with Gasteiger partial charge in [-0.3, -0.25) is 18.9 Å². The summed E-state index contributed by atoms with van der Waals surface area (Å²) in [6.45, 7) is 5.13. The van der Waals surface area contributed by atoms with Crippen LogP contribution in [0.1, 0.15) is 33.4 Å². The van der Waals surface area contributed by atoms with Gasteiger partial charge < -0.3 is 51.1 Å². The maximum Gasteiger partial charge on any atom is 0.323 e. The van der Waals surface area contributed by atoms with E-state index in [0.717, 1.165) is 33.4 Å². The quantitative estimate of drug-likeness (QED) is 0.0411. The van der Waals surface area contributed by atoms with Gasteiger partial charge in [0.2, 0.25) is 0 Å². The Morgan fingerprint density at radius 3 is 0.933 bits per heavy atom. The fourth-order valence-corrected chi connectivity index (χ4v) is 6.90. The van der Waals surface area contributed by atoms with E-state index in [0.29, 0.717) is 19.3 Å². The number of aliphatic carboxylic acids is 1. The van der Waals surface area contributed by atoms with Crippen LogP contribution in [0.15, 0.2) is 178 Å². The van der Waals surface area contributed by atoms with Crippen molar-refractivity contribution >= 4 is 48.3 Å². The van der Waals surface area contributed by atoms with Gasteiger partial charge in [0.15, 0.2) is 0 Å². The van der Waals surface area contributed by atoms with Gasteiger partial charge in [-0.15, -0.1) is 0 Å². The minimum absolute atomic E-state index is 0.0505. The fraction of sp³-hybridized carbons (Fsp3) is 0.250. The summed E-state index contributed by atoms with van der Waals surface area (Å²) in [4.78, 5) is 33.7. The molecule has 3 atom stereocenters. The van der Waals surface area contributed by atoms with Gasteiger partial charge in [-0.25, -0.2) is 16.8 Å². The van der Waals surface area contributed by atoms with Gasteiger partial charge in [0, 0.05) is 0 Å². The average Bonchev–Trinajstić information content (AvgIpc) is 3.36. The largest absolute Gasteiger partial charge is 0.744 e. The Labute approximate surface area is 438 Å². The van der Waals surface area contributed by atoms with Gasteiger partial charge in [-0.05, 0) is 93.1 Å². The highest BCUT2D eigenvalue weighted by molar-refractivity contribution is 7.86. The maximum atomic E-state index is 11.9. The molecule has 408 valence electrons. The van der Waals surface area contributed by atoms with Gasteiger partial charge in [0.25, 0.3) is 10.1 Å². The number of carboxylic acids is 1. The van der Waals surface area contributed by atoms with E-state index in [-0.39, 0.29) is 41.1 Å². The van der Waals surface area contributed by atoms with Crippen molar-refractivity contribution in [3.8, 4) is 0 Å². The molecule has 3 unspecified atom stereocenters. The van der Waals surface area contributed by atoms with E-state index < -0.39 is 66.4 Å². The first-order chi connectivity index (χ1) is 35.2. The summed E-state index contributed by atoms with van der Waals surface area (Å²) in [5.74, 6) is -2.02. The second-order valence-corrected chi connectivity index (χ2v) is 20.0. The van der Waals surface area contributed by atoms with Gasteiger partial charge in [0.1, 0.15) is 51.6 Å². The third-order valence-electron chi connectivity index (χ3n) is 9.43. The molecule has 0 fully saturated rings. The van der Waals surface area contributed by atoms with Crippen LogP contribution in [0.5, 0.6) is 0 Å². The molecule has 0 heterocycles. The molecule has 0 aromatic heterocycles. The molecule has 6 rings (SSSR count). The Bertz CT molecular complexity index is 2680. The summed E-state index contributed by atoms with van der Waals surface area (Å²) in [5.41, 5.74) is 22.7. The van der Waals surface area contributed by atoms with E-state index in [1.54, 1.807) is 36.4 Å². The standard InChI is InChI=1S/C20H24N2O4.C9H11NO2.3C7H8O3S.C2H6O2/c21-17(13-15-7-3-1-4-8-15)19(23)25-11-12-26-20(24)18(22)14-16-9-5-2-6-10-16;10-8(9(11)12)6-7-4-2-1-3-5-7;3*1-6-2-4-7(5-3-6)11(8,9)10;3-1-2-4/h1-10,17-18H,11-14,21-22H2;1-5,8H,6,10H2,(H,11,12);3*2-5H,1H3,(H,8,9,10);3-4H,1-2H2/p-2. The predicted molar refractivity (Wildman–Crippen MR) is 277 cm³/mol. The second kappa shape index (κ2) is 34.7. The molecule has 0 spiro atoms. The van der Waals surface area contributed by atoms with Crippen molar-refractivity contribution in [2.75, 3.05) is 26.4 Å². The summed E-state index contributed by atoms with van der Waals surface area (Å²) in [6, 6.07) is 43.5. The molecule has 23 heteroatoms. The van der Waals surface area contributed by atoms with Crippen molar-refractivity contribution in [1.82, 2.24) is 0 Å². The molecule has 0 bridgehead atoms. The van der Waals surface area contributed by atoms with E-state index in [2.05, 4.69) is 0 Å². The summed E-state index contributed by atoms with van der Waals surface area (Å²) in [7, 11) is -12.6. The second-order valence-electron chi connectivity index (χ2n) is 15.8. The molecule has 10 N–H and O–H groups in total. The lowest BCUT2D eigenvalue weighted by Crippen LogP contribution is -2.36. The van der Waals surface area contributed by atoms with Crippen molar-refractivity contribution in [2.45, 2.75) is 72.8 Å². The first kappa shape index (κ1) is 66.3. The molecule has 0 saturated carbocycles. The number of nitrogens with two attached hydrogens (primary N) is 3. The number of ether oxygens (including phenoxy) is 2. The molecule has 20 nitrogen and oxygen atoms in total. The van der Waals surface area contributed by atoms with Crippen LogP contribution in [-0.2, 0) is 73.5 Å². The third-order valence-corrected chi connectivity index (χ3v) is 12.0. The Morgan fingerprint density at radius 2 is 0.707 bits per heavy atom. The average molecular weight is 1100 g/mol. The predicted octanol–water partition coefficient (Wildman–Crippen LogP) is 3.86. The van der Waals surface area contributed by atoms with E-state index >= 15 is 0 Å². The van der Waals surface area contributed by atoms with Crippen LogP contribution >= 0.6 is 0 Å². The Hall–Kier alpha value is -6.74. The zero-order chi connectivity index (χ0) is 56.6. The van der Waals surface area contributed by atoms with Gasteiger partial charge in [-0.2, -0.15) is 8.42 Å². The van der Waals surface area contributed by atoms with Crippen molar-refractivity contribution in [3.63, 3.8) is 0 Å². The molecule has 0 aliphatic carbocycles. The van der Waals surface area contributed by atoms with Gasteiger partial charge >= 0.3 is 17.9 Å². The fourth-order valence-electron chi connectivity index (χ4n) is 5.48. The van der Waals surface area contributed by atoms with Gasteiger partial charge in [0.05, 0.1) is 27.9 Å². The van der Waals surface area contributed by atoms with Crippen molar-refractivity contribution < 1.29 is 78.1 Å². The SMILES string of the molecule is Cc1ccc(S(=O)(=O)O)cc1.Cc1ccc(S(=O)(=O)[O-])cc1.Cc1ccc(S(=O)(=O)[O-])cc1.NC(Cc1ccccc1)C(=O)O.NC(Cc1ccccc1)C(=O)OCCOC(=O)C(N)Cc1ccccc1.OCCO. The summed E-state index contributed by atoms with van der Waals surface area (Å²) in [5, 5.41) is 23.8. The smallest absolute Gasteiger partial charge is 0.323 e. The topological polar surface area (TPSA) is 377 Å². The Balaban J connectivity index is 0.000000487. The number of esters is 2. The first-order valence-corrected chi connectivity index (χ1v) is 26.7. The Morgan fingerprint density at radius 1 is 0.453 bits per heavy atom. The third kappa shape index (κ3) is 30.3. The molecule has 0 aliphatic heterocycles. The number of carboxylic acid groups (broad SMARTS) is 1. The highest BCUT2D eigenvalue weighted by Crippen LogP contribution is 2.11. The lowest BCUT2D eigenvalue weighted by atomic mass is 10.1. The highest BCUT2D eigenvalue weighted by atomic mass is 32.2. The van der Waals surface area contributed by atoms with Crippen LogP contribution in [-0.4, -0.2) is 117 Å². The van der Waals surface area contributed by atoms with Crippen LogP contribution in [0.3, 0.4) is 0 Å². The molecule has 75 heavy (non-hydrogen) atoms. The summed E-state index contributed by atoms with van der Waals surface area (Å²) < 4.78 is 102. The monoisotopic (exact) mass is 1100 g/mol. The van der Waals surface area contributed by atoms with E-state index in [1.165, 1.54) is 36.4 Å². The highest BCUT2D eigenvalue weighted by Gasteiger charge is 2.18. The minimum Gasteiger partial charge on any atom is -0.744 e. The molecule has 0 amide bonds. The number of benzene rings is 6. The van der Waals surface area contributed by atoms with Gasteiger partial charge in [-0.1, -0.05) is 144 Å². The number of aliphatic hydroxyl groups is 2. The number of rotatable bonds is 16. The molecule has 6 aromatic rings. The number of aryl methyl sites for hydroxylation is 3. The number of hydrogen-bond acceptors (Lipinski definition) is 18. The van der Waals surface area contributed by atoms with Crippen LogP contribution in [0.25, 0.3) is 0 Å². The lowest BCUT2D eigenvalue weighted by Gasteiger charge is -2.13.